The number of hydrogen-bond donors (Lipinski definition) is 2. The van der Waals surface area contributed by atoms with E-state index in [2.05, 4.69) is 0 Å². The molecular weight excluding hydrogens is 511 g/mol. The number of aromatic nitrogens is 2. The Morgan fingerprint density at radius 1 is 0.900 bits per heavy atom. The van der Waals surface area contributed by atoms with Crippen LogP contribution in [0, 0.1) is 5.82 Å². The van der Waals surface area contributed by atoms with Crippen molar-refractivity contribution < 1.29 is 28.8 Å². The summed E-state index contributed by atoms with van der Waals surface area (Å²) in [5, 5.41) is 23.5. The maximum absolute atomic E-state index is 13.4. The number of aromatic hydroxyl groups is 1. The van der Waals surface area contributed by atoms with Gasteiger partial charge >= 0.3 is 0 Å². The van der Waals surface area contributed by atoms with Gasteiger partial charge in [0, 0.05) is 29.7 Å². The summed E-state index contributed by atoms with van der Waals surface area (Å²) >= 11 is 0. The molecule has 0 aliphatic heterocycles. The largest absolute Gasteiger partial charge is 0.497 e. The summed E-state index contributed by atoms with van der Waals surface area (Å²) < 4.78 is 32.7. The first kappa shape index (κ1) is 27.3. The normalized spacial score (nSPS) is 11.8. The minimum atomic E-state index is -0.901. The Morgan fingerprint density at radius 3 is 2.25 bits per heavy atom. The fourth-order valence-electron chi connectivity index (χ4n) is 4.80. The zero-order chi connectivity index (χ0) is 28.4. The molecule has 2 heterocycles. The molecule has 3 aromatic carbocycles. The van der Waals surface area contributed by atoms with Crippen molar-refractivity contribution in [2.45, 2.75) is 45.4 Å². The Labute approximate surface area is 232 Å². The van der Waals surface area contributed by atoms with E-state index in [1.54, 1.807) is 51.0 Å². The van der Waals surface area contributed by atoms with E-state index in [4.69, 9.17) is 19.2 Å². The van der Waals surface area contributed by atoms with Gasteiger partial charge in [0.05, 0.1) is 25.2 Å². The molecule has 0 amide bonds. The molecule has 2 N–H and O–H groups in total. The molecule has 0 atom stereocenters. The lowest BCUT2D eigenvalue weighted by atomic mass is 10.0. The molecule has 0 spiro atoms. The number of methoxy groups -OCH3 is 2. The number of pyridine rings is 1. The number of benzene rings is 3. The van der Waals surface area contributed by atoms with Crippen LogP contribution in [-0.2, 0) is 19.6 Å². The van der Waals surface area contributed by atoms with Gasteiger partial charge in [-0.1, -0.05) is 24.3 Å². The maximum Gasteiger partial charge on any atom is 0.203 e. The van der Waals surface area contributed by atoms with E-state index in [-0.39, 0.29) is 18.3 Å². The third kappa shape index (κ3) is 5.67. The summed E-state index contributed by atoms with van der Waals surface area (Å²) in [5.41, 5.74) is 2.45. The summed E-state index contributed by atoms with van der Waals surface area (Å²) in [6, 6.07) is 16.0. The first-order chi connectivity index (χ1) is 19.2. The van der Waals surface area contributed by atoms with Gasteiger partial charge in [-0.3, -0.25) is 4.98 Å². The SMILES string of the molecule is COc1ccc(COc2c3ncc(Cc4ccc(F)cc4)cc3c(OC)c3cn(CCC(C)(C)O)c(O)c23)cc1. The lowest BCUT2D eigenvalue weighted by molar-refractivity contribution is 0.0657. The van der Waals surface area contributed by atoms with E-state index in [0.29, 0.717) is 47.2 Å². The van der Waals surface area contributed by atoms with Crippen molar-refractivity contribution in [3.63, 3.8) is 0 Å². The molecule has 0 fully saturated rings. The Morgan fingerprint density at radius 2 is 1.60 bits per heavy atom. The van der Waals surface area contributed by atoms with Crippen molar-refractivity contribution in [1.82, 2.24) is 9.55 Å². The van der Waals surface area contributed by atoms with E-state index in [0.717, 1.165) is 27.8 Å². The molecule has 2 aromatic heterocycles. The standard InChI is InChI=1S/C32H33FN2O5/c1-32(2,37)13-14-35-18-26-27(31(35)36)30(40-19-21-7-11-24(38-3)12-8-21)28-25(29(26)39-4)16-22(17-34-28)15-20-5-9-23(33)10-6-20/h5-12,16-18,36-37H,13-15,19H2,1-4H3. The van der Waals surface area contributed by atoms with E-state index in [9.17, 15) is 14.6 Å². The molecule has 0 unspecified atom stereocenters. The van der Waals surface area contributed by atoms with Crippen LogP contribution in [0.4, 0.5) is 4.39 Å². The van der Waals surface area contributed by atoms with Gasteiger partial charge in [0.25, 0.3) is 0 Å². The number of fused-ring (bicyclic) bond motifs is 2. The van der Waals surface area contributed by atoms with Crippen molar-refractivity contribution in [3.8, 4) is 23.1 Å². The monoisotopic (exact) mass is 544 g/mol. The zero-order valence-corrected chi connectivity index (χ0v) is 23.1. The predicted octanol–water partition coefficient (Wildman–Crippen LogP) is 6.38. The maximum atomic E-state index is 13.4. The van der Waals surface area contributed by atoms with Crippen LogP contribution in [0.5, 0.6) is 23.1 Å². The number of rotatable bonds is 10. The number of ether oxygens (including phenoxy) is 3. The summed E-state index contributed by atoms with van der Waals surface area (Å²) in [6.45, 7) is 4.11. The molecule has 0 bridgehead atoms. The minimum absolute atomic E-state index is 0.0152. The molecule has 8 heteroatoms. The van der Waals surface area contributed by atoms with Gasteiger partial charge in [-0.15, -0.1) is 0 Å². The average Bonchev–Trinajstić information content (AvgIpc) is 3.26. The van der Waals surface area contributed by atoms with Crippen LogP contribution >= 0.6 is 0 Å². The second kappa shape index (κ2) is 11.1. The number of aliphatic hydroxyl groups is 1. The van der Waals surface area contributed by atoms with Crippen molar-refractivity contribution in [1.29, 1.82) is 0 Å². The van der Waals surface area contributed by atoms with Gasteiger partial charge < -0.3 is 29.0 Å². The van der Waals surface area contributed by atoms with Crippen molar-refractivity contribution in [2.75, 3.05) is 14.2 Å². The van der Waals surface area contributed by atoms with Gasteiger partial charge in [-0.25, -0.2) is 4.39 Å². The van der Waals surface area contributed by atoms with Gasteiger partial charge in [0.2, 0.25) is 5.88 Å². The average molecular weight is 545 g/mol. The Hall–Kier alpha value is -4.30. The summed E-state index contributed by atoms with van der Waals surface area (Å²) in [7, 11) is 3.21. The van der Waals surface area contributed by atoms with Crippen molar-refractivity contribution in [2.24, 2.45) is 0 Å². The quantitative estimate of drug-likeness (QED) is 0.212. The van der Waals surface area contributed by atoms with Crippen LogP contribution in [0.1, 0.15) is 37.0 Å². The van der Waals surface area contributed by atoms with Crippen LogP contribution in [0.25, 0.3) is 21.7 Å². The minimum Gasteiger partial charge on any atom is -0.497 e. The van der Waals surface area contributed by atoms with Gasteiger partial charge in [-0.05, 0) is 73.7 Å². The topological polar surface area (TPSA) is 86.0 Å². The van der Waals surface area contributed by atoms with Crippen LogP contribution in [0.15, 0.2) is 67.0 Å². The number of halogens is 1. The number of nitrogens with zero attached hydrogens (tertiary/aromatic N) is 2. The highest BCUT2D eigenvalue weighted by Gasteiger charge is 2.24. The lowest BCUT2D eigenvalue weighted by Crippen LogP contribution is -2.20. The van der Waals surface area contributed by atoms with E-state index >= 15 is 0 Å². The van der Waals surface area contributed by atoms with E-state index in [1.165, 1.54) is 12.1 Å². The molecule has 0 aliphatic carbocycles. The fourth-order valence-corrected chi connectivity index (χ4v) is 4.80. The smallest absolute Gasteiger partial charge is 0.203 e. The fraction of sp³-hybridized carbons (Fsp3) is 0.281. The highest BCUT2D eigenvalue weighted by molar-refractivity contribution is 6.12. The van der Waals surface area contributed by atoms with Crippen molar-refractivity contribution >= 4 is 21.7 Å². The van der Waals surface area contributed by atoms with E-state index in [1.807, 2.05) is 36.5 Å². The second-order valence-electron chi connectivity index (χ2n) is 10.5. The van der Waals surface area contributed by atoms with Crippen LogP contribution in [0.3, 0.4) is 0 Å². The first-order valence-corrected chi connectivity index (χ1v) is 13.1. The lowest BCUT2D eigenvalue weighted by Gasteiger charge is -2.17. The molecule has 40 heavy (non-hydrogen) atoms. The Bertz CT molecular complexity index is 1640. The van der Waals surface area contributed by atoms with Crippen LogP contribution in [-0.4, -0.2) is 39.6 Å². The predicted molar refractivity (Wildman–Crippen MR) is 153 cm³/mol. The molecule has 5 rings (SSSR count). The van der Waals surface area contributed by atoms with Gasteiger partial charge in [-0.2, -0.15) is 0 Å². The van der Waals surface area contributed by atoms with Crippen LogP contribution < -0.4 is 14.2 Å². The van der Waals surface area contributed by atoms with E-state index < -0.39 is 5.60 Å². The highest BCUT2D eigenvalue weighted by Crippen LogP contribution is 2.47. The molecule has 5 aromatic rings. The third-order valence-electron chi connectivity index (χ3n) is 6.96. The summed E-state index contributed by atoms with van der Waals surface area (Å²) in [6.07, 6.45) is 4.58. The molecule has 208 valence electrons. The first-order valence-electron chi connectivity index (χ1n) is 13.1. The second-order valence-corrected chi connectivity index (χ2v) is 10.5. The van der Waals surface area contributed by atoms with Crippen molar-refractivity contribution in [3.05, 3.63) is 89.5 Å². The Balaban J connectivity index is 1.63. The summed E-state index contributed by atoms with van der Waals surface area (Å²) in [5.74, 6) is 1.48. The third-order valence-corrected chi connectivity index (χ3v) is 6.96. The van der Waals surface area contributed by atoms with Gasteiger partial charge in [0.15, 0.2) is 5.75 Å². The number of aryl methyl sites for hydroxylation is 1. The highest BCUT2D eigenvalue weighted by atomic mass is 19.1. The molecule has 0 radical (unpaired) electrons. The molecule has 0 saturated heterocycles. The summed E-state index contributed by atoms with van der Waals surface area (Å²) in [4.78, 5) is 4.77. The Kier molecular flexibility index (Phi) is 7.54. The molecular formula is C32H33FN2O5. The molecule has 0 saturated carbocycles. The van der Waals surface area contributed by atoms with Crippen LogP contribution in [0.2, 0.25) is 0 Å². The zero-order valence-electron chi connectivity index (χ0n) is 23.1. The molecule has 0 aliphatic rings. The molecule has 7 nitrogen and oxygen atoms in total. The van der Waals surface area contributed by atoms with Gasteiger partial charge in [0.1, 0.15) is 29.4 Å². The number of hydrogen-bond acceptors (Lipinski definition) is 6.